The Bertz CT molecular complexity index is 1190. The first-order valence-electron chi connectivity index (χ1n) is 8.11. The van der Waals surface area contributed by atoms with Crippen LogP contribution in [0.15, 0.2) is 72.8 Å². The Hall–Kier alpha value is -3.46. The number of esters is 1. The lowest BCUT2D eigenvalue weighted by atomic mass is 10.0. The van der Waals surface area contributed by atoms with E-state index in [9.17, 15) is 4.79 Å². The van der Waals surface area contributed by atoms with Gasteiger partial charge in [-0.25, -0.2) is 9.78 Å². The van der Waals surface area contributed by atoms with Gasteiger partial charge < -0.3 is 4.74 Å². The summed E-state index contributed by atoms with van der Waals surface area (Å²) in [4.78, 5) is 16.7. The van der Waals surface area contributed by atoms with E-state index in [1.807, 2.05) is 48.5 Å². The van der Waals surface area contributed by atoms with Crippen LogP contribution < -0.4 is 0 Å². The van der Waals surface area contributed by atoms with E-state index in [4.69, 9.17) is 9.72 Å². The number of pyridine rings is 1. The zero-order chi connectivity index (χ0) is 16.8. The largest absolute Gasteiger partial charge is 0.422 e. The molecule has 25 heavy (non-hydrogen) atoms. The maximum atomic E-state index is 11.9. The fourth-order valence-corrected chi connectivity index (χ4v) is 3.31. The van der Waals surface area contributed by atoms with Crippen molar-refractivity contribution in [1.29, 1.82) is 0 Å². The van der Waals surface area contributed by atoms with Crippen LogP contribution in [0.2, 0.25) is 0 Å². The lowest BCUT2D eigenvalue weighted by molar-refractivity contribution is 0.0717. The third-order valence-electron chi connectivity index (χ3n) is 4.51. The first-order valence-corrected chi connectivity index (χ1v) is 8.11. The Morgan fingerprint density at radius 2 is 1.56 bits per heavy atom. The van der Waals surface area contributed by atoms with Crippen LogP contribution in [0.5, 0.6) is 0 Å². The second kappa shape index (κ2) is 5.28. The summed E-state index contributed by atoms with van der Waals surface area (Å²) >= 11 is 0. The third-order valence-corrected chi connectivity index (χ3v) is 4.51. The van der Waals surface area contributed by atoms with Crippen LogP contribution in [0.4, 0.5) is 0 Å². The molecule has 0 amide bonds. The monoisotopic (exact) mass is 323 g/mol. The van der Waals surface area contributed by atoms with Crippen molar-refractivity contribution >= 4 is 39.5 Å². The molecule has 4 aromatic rings. The average molecular weight is 323 g/mol. The standard InChI is InChI=1S/C22H13NO2/c24-22-19-8-4-3-7-18(19)21(25-22)13-15-10-11-17-16-6-2-1-5-14(16)9-12-20(17)23-15/h1-13H/b21-13+. The fraction of sp³-hybridized carbons (Fsp3) is 0. The van der Waals surface area contributed by atoms with Crippen LogP contribution in [0, 0.1) is 0 Å². The Morgan fingerprint density at radius 1 is 0.760 bits per heavy atom. The smallest absolute Gasteiger partial charge is 0.344 e. The molecule has 118 valence electrons. The highest BCUT2D eigenvalue weighted by Gasteiger charge is 2.25. The van der Waals surface area contributed by atoms with Crippen molar-refractivity contribution in [2.75, 3.05) is 0 Å². The Balaban J connectivity index is 1.65. The van der Waals surface area contributed by atoms with Crippen molar-refractivity contribution in [3.63, 3.8) is 0 Å². The topological polar surface area (TPSA) is 39.2 Å². The van der Waals surface area contributed by atoms with E-state index in [2.05, 4.69) is 24.3 Å². The lowest BCUT2D eigenvalue weighted by Crippen LogP contribution is -1.92. The van der Waals surface area contributed by atoms with E-state index in [0.717, 1.165) is 22.2 Å². The molecule has 0 fully saturated rings. The van der Waals surface area contributed by atoms with Gasteiger partial charge in [-0.2, -0.15) is 0 Å². The predicted octanol–water partition coefficient (Wildman–Crippen LogP) is 5.06. The number of aromatic nitrogens is 1. The summed E-state index contributed by atoms with van der Waals surface area (Å²) < 4.78 is 5.40. The minimum absolute atomic E-state index is 0.311. The number of hydrogen-bond donors (Lipinski definition) is 0. The number of benzene rings is 3. The molecule has 0 aliphatic carbocycles. The van der Waals surface area contributed by atoms with Crippen LogP contribution in [0.1, 0.15) is 21.6 Å². The number of carbonyl (C=O) groups excluding carboxylic acids is 1. The van der Waals surface area contributed by atoms with Crippen molar-refractivity contribution in [2.24, 2.45) is 0 Å². The molecule has 3 aromatic carbocycles. The molecule has 1 aliphatic rings. The van der Waals surface area contributed by atoms with Crippen molar-refractivity contribution in [3.8, 4) is 0 Å². The van der Waals surface area contributed by atoms with Crippen molar-refractivity contribution in [3.05, 3.63) is 89.6 Å². The Kier molecular flexibility index (Phi) is 2.94. The Labute approximate surface area is 144 Å². The van der Waals surface area contributed by atoms with Crippen LogP contribution >= 0.6 is 0 Å². The lowest BCUT2D eigenvalue weighted by Gasteiger charge is -2.05. The van der Waals surface area contributed by atoms with Gasteiger partial charge in [0.25, 0.3) is 0 Å². The maximum absolute atomic E-state index is 11.9. The zero-order valence-electron chi connectivity index (χ0n) is 13.3. The number of cyclic esters (lactones) is 1. The second-order valence-corrected chi connectivity index (χ2v) is 6.03. The minimum atomic E-state index is -0.311. The van der Waals surface area contributed by atoms with E-state index >= 15 is 0 Å². The molecule has 0 bridgehead atoms. The predicted molar refractivity (Wildman–Crippen MR) is 99.0 cm³/mol. The average Bonchev–Trinajstić information content (AvgIpc) is 2.97. The third kappa shape index (κ3) is 2.21. The molecule has 2 heterocycles. The fourth-order valence-electron chi connectivity index (χ4n) is 3.31. The van der Waals surface area contributed by atoms with Crippen LogP contribution in [0.25, 0.3) is 33.5 Å². The molecule has 0 unspecified atom stereocenters. The van der Waals surface area contributed by atoms with Crippen LogP contribution in [-0.4, -0.2) is 11.0 Å². The van der Waals surface area contributed by atoms with Gasteiger partial charge in [-0.3, -0.25) is 0 Å². The van der Waals surface area contributed by atoms with Gasteiger partial charge >= 0.3 is 5.97 Å². The molecular weight excluding hydrogens is 310 g/mol. The number of nitrogens with zero attached hydrogens (tertiary/aromatic N) is 1. The summed E-state index contributed by atoms with van der Waals surface area (Å²) in [6.07, 6.45) is 1.82. The van der Waals surface area contributed by atoms with Crippen molar-refractivity contribution in [1.82, 2.24) is 4.98 Å². The van der Waals surface area contributed by atoms with Gasteiger partial charge in [0.05, 0.1) is 16.8 Å². The first-order chi connectivity index (χ1) is 12.3. The number of fused-ring (bicyclic) bond motifs is 4. The Morgan fingerprint density at radius 3 is 2.48 bits per heavy atom. The van der Waals surface area contributed by atoms with Gasteiger partial charge in [0.1, 0.15) is 5.76 Å². The number of hydrogen-bond acceptors (Lipinski definition) is 3. The summed E-state index contributed by atoms with van der Waals surface area (Å²) in [5, 5.41) is 3.50. The molecule has 0 atom stereocenters. The SMILES string of the molecule is O=C1O/C(=C/c2ccc3c(ccc4ccccc43)n2)c2ccccc21. The molecule has 3 heteroatoms. The molecule has 0 radical (unpaired) electrons. The van der Waals surface area contributed by atoms with E-state index in [0.29, 0.717) is 11.3 Å². The molecule has 3 nitrogen and oxygen atoms in total. The van der Waals surface area contributed by atoms with E-state index < -0.39 is 0 Å². The number of carbonyl (C=O) groups is 1. The molecule has 0 N–H and O–H groups in total. The second-order valence-electron chi connectivity index (χ2n) is 6.03. The highest BCUT2D eigenvalue weighted by atomic mass is 16.5. The summed E-state index contributed by atoms with van der Waals surface area (Å²) in [6, 6.07) is 23.8. The molecule has 0 spiro atoms. The maximum Gasteiger partial charge on any atom is 0.344 e. The molecule has 5 rings (SSSR count). The first kappa shape index (κ1) is 13.9. The summed E-state index contributed by atoms with van der Waals surface area (Å²) in [5.74, 6) is 0.238. The molecule has 0 saturated carbocycles. The van der Waals surface area contributed by atoms with E-state index in [1.54, 1.807) is 6.07 Å². The molecule has 1 aliphatic heterocycles. The molecule has 1 aromatic heterocycles. The van der Waals surface area contributed by atoms with E-state index in [1.165, 1.54) is 10.8 Å². The van der Waals surface area contributed by atoms with Crippen molar-refractivity contribution in [2.45, 2.75) is 0 Å². The quantitative estimate of drug-likeness (QED) is 0.363. The molecular formula is C22H13NO2. The van der Waals surface area contributed by atoms with Crippen LogP contribution in [0.3, 0.4) is 0 Å². The van der Waals surface area contributed by atoms with Gasteiger partial charge in [0, 0.05) is 17.0 Å². The van der Waals surface area contributed by atoms with Gasteiger partial charge in [0.15, 0.2) is 0 Å². The van der Waals surface area contributed by atoms with Crippen molar-refractivity contribution < 1.29 is 9.53 Å². The summed E-state index contributed by atoms with van der Waals surface area (Å²) in [5.41, 5.74) is 3.10. The van der Waals surface area contributed by atoms with Gasteiger partial charge in [-0.1, -0.05) is 54.6 Å². The van der Waals surface area contributed by atoms with Gasteiger partial charge in [-0.05, 0) is 29.0 Å². The molecule has 0 saturated heterocycles. The summed E-state index contributed by atoms with van der Waals surface area (Å²) in [7, 11) is 0. The highest BCUT2D eigenvalue weighted by Crippen LogP contribution is 2.31. The normalized spacial score (nSPS) is 14.9. The van der Waals surface area contributed by atoms with Gasteiger partial charge in [-0.15, -0.1) is 0 Å². The van der Waals surface area contributed by atoms with Crippen LogP contribution in [-0.2, 0) is 4.74 Å². The highest BCUT2D eigenvalue weighted by molar-refractivity contribution is 6.07. The zero-order valence-corrected chi connectivity index (χ0v) is 13.3. The number of ether oxygens (including phenoxy) is 1. The van der Waals surface area contributed by atoms with Gasteiger partial charge in [0.2, 0.25) is 0 Å². The number of rotatable bonds is 1. The van der Waals surface area contributed by atoms with E-state index in [-0.39, 0.29) is 5.97 Å². The summed E-state index contributed by atoms with van der Waals surface area (Å²) in [6.45, 7) is 0. The minimum Gasteiger partial charge on any atom is -0.422 e.